The molecule has 0 saturated heterocycles. The van der Waals surface area contributed by atoms with Crippen LogP contribution in [0, 0.1) is 6.92 Å². The summed E-state index contributed by atoms with van der Waals surface area (Å²) in [4.78, 5) is 11.6. The van der Waals surface area contributed by atoms with E-state index in [-0.39, 0.29) is 11.5 Å². The van der Waals surface area contributed by atoms with Gasteiger partial charge in [0.1, 0.15) is 5.75 Å². The van der Waals surface area contributed by atoms with E-state index in [0.29, 0.717) is 11.1 Å². The van der Waals surface area contributed by atoms with Crippen LogP contribution in [0.4, 0.5) is 8.78 Å². The number of hydrogen-bond acceptors (Lipinski definition) is 2. The van der Waals surface area contributed by atoms with Crippen LogP contribution < -0.4 is 4.74 Å². The fourth-order valence-corrected chi connectivity index (χ4v) is 1.42. The molecule has 0 bridgehead atoms. The Balaban J connectivity index is 2.96. The summed E-state index contributed by atoms with van der Waals surface area (Å²) in [5.41, 5.74) is 0.986. The third kappa shape index (κ3) is 3.17. The van der Waals surface area contributed by atoms with Crippen molar-refractivity contribution in [2.45, 2.75) is 25.8 Å². The molecule has 0 N–H and O–H groups in total. The van der Waals surface area contributed by atoms with Gasteiger partial charge < -0.3 is 4.74 Å². The lowest BCUT2D eigenvalue weighted by Crippen LogP contribution is -2.12. The van der Waals surface area contributed by atoms with E-state index in [2.05, 4.69) is 4.74 Å². The van der Waals surface area contributed by atoms with Gasteiger partial charge in [0.25, 0.3) is 0 Å². The van der Waals surface area contributed by atoms with E-state index in [1.807, 2.05) is 0 Å². The Kier molecular flexibility index (Phi) is 4.24. The van der Waals surface area contributed by atoms with Gasteiger partial charge in [0.2, 0.25) is 0 Å². The highest BCUT2D eigenvalue weighted by Gasteiger charge is 2.15. The molecule has 2 nitrogen and oxygen atoms in total. The average molecular weight is 249 g/mol. The number of hydrogen-bond donors (Lipinski definition) is 0. The normalized spacial score (nSPS) is 12.6. The molecule has 0 aliphatic carbocycles. The molecule has 0 spiro atoms. The Labute approximate surface area is 97.2 Å². The summed E-state index contributed by atoms with van der Waals surface area (Å²) in [7, 11) is 0. The Morgan fingerprint density at radius 3 is 2.50 bits per heavy atom. The van der Waals surface area contributed by atoms with Crippen molar-refractivity contribution in [3.05, 3.63) is 29.3 Å². The van der Waals surface area contributed by atoms with Crippen molar-refractivity contribution in [2.75, 3.05) is 0 Å². The number of aryl methyl sites for hydroxylation is 1. The molecular weight excluding hydrogens is 238 g/mol. The molecule has 0 aliphatic rings. The molecule has 1 aromatic carbocycles. The molecule has 0 aliphatic heterocycles. The standard InChI is InChI=1S/C11H11ClF2O2/c1-6-5-8(16-11(13)14)3-4-9(6)10(15)7(2)12/h3-5,7,11H,1-2H3. The van der Waals surface area contributed by atoms with Crippen molar-refractivity contribution in [1.82, 2.24) is 0 Å². The minimum atomic E-state index is -2.87. The van der Waals surface area contributed by atoms with E-state index in [0.717, 1.165) is 0 Å². The maximum Gasteiger partial charge on any atom is 0.387 e. The molecule has 16 heavy (non-hydrogen) atoms. The molecule has 0 heterocycles. The number of rotatable bonds is 4. The summed E-state index contributed by atoms with van der Waals surface area (Å²) >= 11 is 5.66. The van der Waals surface area contributed by atoms with Crippen LogP contribution in [0.2, 0.25) is 0 Å². The zero-order valence-corrected chi connectivity index (χ0v) is 9.59. The summed E-state index contributed by atoms with van der Waals surface area (Å²) in [6.07, 6.45) is 0. The maximum atomic E-state index is 11.9. The first-order chi connectivity index (χ1) is 7.41. The molecule has 0 amide bonds. The molecule has 1 rings (SSSR count). The Hall–Kier alpha value is -1.16. The Bertz CT molecular complexity index is 392. The highest BCUT2D eigenvalue weighted by atomic mass is 35.5. The summed E-state index contributed by atoms with van der Waals surface area (Å²) < 4.78 is 28.1. The van der Waals surface area contributed by atoms with Gasteiger partial charge in [-0.2, -0.15) is 8.78 Å². The lowest BCUT2D eigenvalue weighted by Gasteiger charge is -2.09. The van der Waals surface area contributed by atoms with Crippen molar-refractivity contribution in [3.8, 4) is 5.75 Å². The highest BCUT2D eigenvalue weighted by Crippen LogP contribution is 2.21. The summed E-state index contributed by atoms with van der Waals surface area (Å²) in [6, 6.07) is 4.15. The summed E-state index contributed by atoms with van der Waals surface area (Å²) in [5, 5.41) is -0.638. The van der Waals surface area contributed by atoms with Gasteiger partial charge in [-0.3, -0.25) is 4.79 Å². The summed E-state index contributed by atoms with van der Waals surface area (Å²) in [6.45, 7) is 0.338. The van der Waals surface area contributed by atoms with Gasteiger partial charge >= 0.3 is 6.61 Å². The molecule has 88 valence electrons. The minimum Gasteiger partial charge on any atom is -0.435 e. The van der Waals surface area contributed by atoms with E-state index in [4.69, 9.17) is 11.6 Å². The van der Waals surface area contributed by atoms with Crippen LogP contribution >= 0.6 is 11.6 Å². The quantitative estimate of drug-likeness (QED) is 0.603. The number of ketones is 1. The predicted octanol–water partition coefficient (Wildman–Crippen LogP) is 3.41. The van der Waals surface area contributed by atoms with Gasteiger partial charge in [-0.05, 0) is 37.6 Å². The number of carbonyl (C=O) groups excluding carboxylic acids is 1. The predicted molar refractivity (Wildman–Crippen MR) is 57.5 cm³/mol. The molecular formula is C11H11ClF2O2. The largest absolute Gasteiger partial charge is 0.435 e. The second-order valence-electron chi connectivity index (χ2n) is 3.34. The monoisotopic (exact) mass is 248 g/mol. The van der Waals surface area contributed by atoms with Gasteiger partial charge in [0, 0.05) is 5.56 Å². The van der Waals surface area contributed by atoms with Crippen LogP contribution in [0.1, 0.15) is 22.8 Å². The van der Waals surface area contributed by atoms with Crippen LogP contribution in [0.5, 0.6) is 5.75 Å². The first-order valence-electron chi connectivity index (χ1n) is 4.65. The fourth-order valence-electron chi connectivity index (χ4n) is 1.30. The SMILES string of the molecule is Cc1cc(OC(F)F)ccc1C(=O)C(C)Cl. The van der Waals surface area contributed by atoms with E-state index in [9.17, 15) is 13.6 Å². The van der Waals surface area contributed by atoms with Crippen molar-refractivity contribution in [3.63, 3.8) is 0 Å². The van der Waals surface area contributed by atoms with Gasteiger partial charge in [0.15, 0.2) is 5.78 Å². The molecule has 0 saturated carbocycles. The number of Topliss-reactive ketones (excluding diaryl/α,β-unsaturated/α-hetero) is 1. The maximum absolute atomic E-state index is 11.9. The van der Waals surface area contributed by atoms with Crippen molar-refractivity contribution in [2.24, 2.45) is 0 Å². The lowest BCUT2D eigenvalue weighted by atomic mass is 10.0. The van der Waals surface area contributed by atoms with Crippen molar-refractivity contribution in [1.29, 1.82) is 0 Å². The lowest BCUT2D eigenvalue weighted by molar-refractivity contribution is -0.0498. The number of ether oxygens (including phenoxy) is 1. The van der Waals surface area contributed by atoms with E-state index < -0.39 is 12.0 Å². The van der Waals surface area contributed by atoms with Crippen LogP contribution in [0.3, 0.4) is 0 Å². The highest BCUT2D eigenvalue weighted by molar-refractivity contribution is 6.33. The van der Waals surface area contributed by atoms with Crippen LogP contribution in [0.25, 0.3) is 0 Å². The third-order valence-electron chi connectivity index (χ3n) is 2.05. The second kappa shape index (κ2) is 5.25. The summed E-state index contributed by atoms with van der Waals surface area (Å²) in [5.74, 6) is -0.200. The van der Waals surface area contributed by atoms with Gasteiger partial charge in [-0.25, -0.2) is 0 Å². The van der Waals surface area contributed by atoms with Gasteiger partial charge in [-0.1, -0.05) is 0 Å². The molecule has 0 radical (unpaired) electrons. The van der Waals surface area contributed by atoms with Crippen LogP contribution in [-0.4, -0.2) is 17.8 Å². The topological polar surface area (TPSA) is 26.3 Å². The molecule has 0 aromatic heterocycles. The smallest absolute Gasteiger partial charge is 0.387 e. The number of alkyl halides is 3. The molecule has 1 atom stereocenters. The fraction of sp³-hybridized carbons (Fsp3) is 0.364. The van der Waals surface area contributed by atoms with Gasteiger partial charge in [-0.15, -0.1) is 11.6 Å². The number of benzene rings is 1. The minimum absolute atomic E-state index is 0.0336. The number of halogens is 3. The number of carbonyl (C=O) groups is 1. The Morgan fingerprint density at radius 1 is 1.44 bits per heavy atom. The first-order valence-corrected chi connectivity index (χ1v) is 5.09. The van der Waals surface area contributed by atoms with E-state index >= 15 is 0 Å². The van der Waals surface area contributed by atoms with Crippen LogP contribution in [-0.2, 0) is 0 Å². The first kappa shape index (κ1) is 12.9. The average Bonchev–Trinajstić information content (AvgIpc) is 2.15. The van der Waals surface area contributed by atoms with Gasteiger partial charge in [0.05, 0.1) is 5.38 Å². The third-order valence-corrected chi connectivity index (χ3v) is 2.25. The molecule has 5 heteroatoms. The van der Waals surface area contributed by atoms with Crippen molar-refractivity contribution >= 4 is 17.4 Å². The zero-order valence-electron chi connectivity index (χ0n) is 8.84. The Morgan fingerprint density at radius 2 is 2.06 bits per heavy atom. The van der Waals surface area contributed by atoms with Crippen molar-refractivity contribution < 1.29 is 18.3 Å². The van der Waals surface area contributed by atoms with E-state index in [1.165, 1.54) is 18.2 Å². The zero-order chi connectivity index (χ0) is 12.3. The molecule has 1 unspecified atom stereocenters. The molecule has 1 aromatic rings. The van der Waals surface area contributed by atoms with E-state index in [1.54, 1.807) is 13.8 Å². The second-order valence-corrected chi connectivity index (χ2v) is 3.99. The van der Waals surface area contributed by atoms with Crippen LogP contribution in [0.15, 0.2) is 18.2 Å². The molecule has 0 fully saturated rings.